The molecular formula is C13H17N3O4. The molecule has 0 spiro atoms. The lowest BCUT2D eigenvalue weighted by Gasteiger charge is -2.35. The number of hydrogen-bond acceptors (Lipinski definition) is 5. The Morgan fingerprint density at radius 2 is 2.00 bits per heavy atom. The average Bonchev–Trinajstić information content (AvgIpc) is 2.39. The number of aliphatic carboxylic acids is 1. The van der Waals surface area contributed by atoms with Gasteiger partial charge in [0.1, 0.15) is 5.69 Å². The molecule has 7 nitrogen and oxygen atoms in total. The molecule has 7 heteroatoms. The van der Waals surface area contributed by atoms with Crippen molar-refractivity contribution in [3.8, 4) is 0 Å². The van der Waals surface area contributed by atoms with Crippen molar-refractivity contribution in [1.29, 1.82) is 0 Å². The molecule has 1 N–H and O–H groups in total. The van der Waals surface area contributed by atoms with Crippen LogP contribution < -0.4 is 4.90 Å². The minimum Gasteiger partial charge on any atom is -0.480 e. The summed E-state index contributed by atoms with van der Waals surface area (Å²) in [7, 11) is 0. The van der Waals surface area contributed by atoms with E-state index in [-0.39, 0.29) is 17.2 Å². The van der Waals surface area contributed by atoms with Gasteiger partial charge in [-0.25, -0.2) is 0 Å². The molecule has 1 aromatic rings. The van der Waals surface area contributed by atoms with Crippen molar-refractivity contribution in [3.63, 3.8) is 0 Å². The second-order valence-electron chi connectivity index (χ2n) is 4.86. The lowest BCUT2D eigenvalue weighted by molar-refractivity contribution is -0.384. The number of nitro groups is 1. The van der Waals surface area contributed by atoms with Crippen molar-refractivity contribution in [1.82, 2.24) is 4.90 Å². The number of para-hydroxylation sites is 1. The molecular weight excluding hydrogens is 262 g/mol. The molecule has 0 aromatic heterocycles. The summed E-state index contributed by atoms with van der Waals surface area (Å²) in [5, 5.41) is 19.9. The van der Waals surface area contributed by atoms with Crippen molar-refractivity contribution >= 4 is 17.3 Å². The minimum atomic E-state index is -0.847. The Hall–Kier alpha value is -2.15. The molecule has 20 heavy (non-hydrogen) atoms. The molecule has 0 unspecified atom stereocenters. The first-order chi connectivity index (χ1) is 9.49. The zero-order valence-electron chi connectivity index (χ0n) is 11.3. The second kappa shape index (κ2) is 5.87. The van der Waals surface area contributed by atoms with Gasteiger partial charge in [-0.2, -0.15) is 0 Å². The fraction of sp³-hybridized carbons (Fsp3) is 0.462. The third kappa shape index (κ3) is 3.05. The Balaban J connectivity index is 2.14. The van der Waals surface area contributed by atoms with Gasteiger partial charge in [0.05, 0.1) is 11.5 Å². The molecule has 1 aliphatic heterocycles. The van der Waals surface area contributed by atoms with E-state index >= 15 is 0 Å². The fourth-order valence-corrected chi connectivity index (χ4v) is 2.52. The predicted molar refractivity (Wildman–Crippen MR) is 74.1 cm³/mol. The monoisotopic (exact) mass is 279 g/mol. The molecule has 108 valence electrons. The van der Waals surface area contributed by atoms with Gasteiger partial charge < -0.3 is 10.0 Å². The number of aryl methyl sites for hydroxylation is 1. The largest absolute Gasteiger partial charge is 0.480 e. The van der Waals surface area contributed by atoms with Crippen molar-refractivity contribution in [2.45, 2.75) is 6.92 Å². The van der Waals surface area contributed by atoms with Crippen molar-refractivity contribution in [2.24, 2.45) is 0 Å². The Morgan fingerprint density at radius 3 is 2.55 bits per heavy atom. The summed E-state index contributed by atoms with van der Waals surface area (Å²) in [6.07, 6.45) is 0. The van der Waals surface area contributed by atoms with Crippen LogP contribution in [0.3, 0.4) is 0 Å². The molecule has 1 aromatic carbocycles. The highest BCUT2D eigenvalue weighted by Gasteiger charge is 2.25. The maximum Gasteiger partial charge on any atom is 0.317 e. The predicted octanol–water partition coefficient (Wildman–Crippen LogP) is 1.11. The van der Waals surface area contributed by atoms with Gasteiger partial charge in [-0.3, -0.25) is 19.8 Å². The van der Waals surface area contributed by atoms with Crippen LogP contribution in [0.1, 0.15) is 5.56 Å². The molecule has 0 amide bonds. The van der Waals surface area contributed by atoms with Gasteiger partial charge in [0.15, 0.2) is 0 Å². The van der Waals surface area contributed by atoms with E-state index in [1.165, 1.54) is 6.07 Å². The van der Waals surface area contributed by atoms with Crippen LogP contribution in [0, 0.1) is 17.0 Å². The lowest BCUT2D eigenvalue weighted by Crippen LogP contribution is -2.48. The molecule has 1 saturated heterocycles. The third-order valence-electron chi connectivity index (χ3n) is 3.46. The van der Waals surface area contributed by atoms with Gasteiger partial charge >= 0.3 is 5.97 Å². The van der Waals surface area contributed by atoms with Gasteiger partial charge in [-0.05, 0) is 12.5 Å². The Morgan fingerprint density at radius 1 is 1.35 bits per heavy atom. The molecule has 0 saturated carbocycles. The molecule has 1 heterocycles. The number of benzene rings is 1. The number of piperazine rings is 1. The maximum absolute atomic E-state index is 11.1. The smallest absolute Gasteiger partial charge is 0.317 e. The molecule has 2 rings (SSSR count). The highest BCUT2D eigenvalue weighted by atomic mass is 16.6. The van der Waals surface area contributed by atoms with Gasteiger partial charge in [-0.1, -0.05) is 12.1 Å². The normalized spacial score (nSPS) is 16.1. The van der Waals surface area contributed by atoms with Crippen molar-refractivity contribution in [2.75, 3.05) is 37.6 Å². The molecule has 0 aliphatic carbocycles. The van der Waals surface area contributed by atoms with Crippen LogP contribution in [0.15, 0.2) is 18.2 Å². The fourth-order valence-electron chi connectivity index (χ4n) is 2.52. The molecule has 1 aliphatic rings. The number of rotatable bonds is 4. The van der Waals surface area contributed by atoms with Crippen LogP contribution >= 0.6 is 0 Å². The molecule has 1 fully saturated rings. The topological polar surface area (TPSA) is 86.9 Å². The molecule has 0 atom stereocenters. The van der Waals surface area contributed by atoms with E-state index in [1.54, 1.807) is 6.07 Å². The van der Waals surface area contributed by atoms with E-state index in [1.807, 2.05) is 22.8 Å². The van der Waals surface area contributed by atoms with E-state index in [2.05, 4.69) is 0 Å². The highest BCUT2D eigenvalue weighted by molar-refractivity contribution is 5.70. The van der Waals surface area contributed by atoms with E-state index in [9.17, 15) is 14.9 Å². The maximum atomic E-state index is 11.1. The lowest BCUT2D eigenvalue weighted by atomic mass is 10.1. The summed E-state index contributed by atoms with van der Waals surface area (Å²) >= 11 is 0. The van der Waals surface area contributed by atoms with Crippen LogP contribution in [0.4, 0.5) is 11.4 Å². The Bertz CT molecular complexity index is 524. The Labute approximate surface area is 116 Å². The van der Waals surface area contributed by atoms with Crippen LogP contribution in [-0.4, -0.2) is 53.6 Å². The first-order valence-corrected chi connectivity index (χ1v) is 6.42. The van der Waals surface area contributed by atoms with E-state index in [4.69, 9.17) is 5.11 Å². The number of carboxylic acid groups (broad SMARTS) is 1. The highest BCUT2D eigenvalue weighted by Crippen LogP contribution is 2.32. The summed E-state index contributed by atoms with van der Waals surface area (Å²) in [5.41, 5.74) is 1.62. The summed E-state index contributed by atoms with van der Waals surface area (Å²) < 4.78 is 0. The number of nitro benzene ring substituents is 1. The second-order valence-corrected chi connectivity index (χ2v) is 4.86. The quantitative estimate of drug-likeness (QED) is 0.656. The van der Waals surface area contributed by atoms with E-state index in [0.717, 1.165) is 5.56 Å². The molecule has 0 radical (unpaired) electrons. The number of anilines is 1. The van der Waals surface area contributed by atoms with Gasteiger partial charge in [-0.15, -0.1) is 0 Å². The van der Waals surface area contributed by atoms with Gasteiger partial charge in [0, 0.05) is 32.2 Å². The van der Waals surface area contributed by atoms with Crippen molar-refractivity contribution < 1.29 is 14.8 Å². The van der Waals surface area contributed by atoms with Crippen LogP contribution in [0.2, 0.25) is 0 Å². The first kappa shape index (κ1) is 14.3. The van der Waals surface area contributed by atoms with Crippen LogP contribution in [-0.2, 0) is 4.79 Å². The standard InChI is InChI=1S/C13H17N3O4/c1-10-3-2-4-11(16(19)20)13(10)15-7-5-14(6-8-15)9-12(17)18/h2-4H,5-9H2,1H3,(H,17,18). The minimum absolute atomic E-state index is 0.0176. The Kier molecular flexibility index (Phi) is 4.19. The molecule has 0 bridgehead atoms. The average molecular weight is 279 g/mol. The zero-order chi connectivity index (χ0) is 14.7. The summed E-state index contributed by atoms with van der Waals surface area (Å²) in [4.78, 5) is 25.2. The summed E-state index contributed by atoms with van der Waals surface area (Å²) in [5.74, 6) is -0.847. The van der Waals surface area contributed by atoms with E-state index in [0.29, 0.717) is 31.9 Å². The number of carboxylic acids is 1. The number of nitrogens with zero attached hydrogens (tertiary/aromatic N) is 3. The number of hydrogen-bond donors (Lipinski definition) is 1. The number of carbonyl (C=O) groups is 1. The first-order valence-electron chi connectivity index (χ1n) is 6.42. The van der Waals surface area contributed by atoms with Gasteiger partial charge in [0.25, 0.3) is 5.69 Å². The summed E-state index contributed by atoms with van der Waals surface area (Å²) in [6.45, 7) is 4.25. The van der Waals surface area contributed by atoms with Gasteiger partial charge in [0.2, 0.25) is 0 Å². The zero-order valence-corrected chi connectivity index (χ0v) is 11.3. The SMILES string of the molecule is Cc1cccc([N+](=O)[O-])c1N1CCN(CC(=O)O)CC1. The van der Waals surface area contributed by atoms with E-state index < -0.39 is 5.97 Å². The van der Waals surface area contributed by atoms with Crippen LogP contribution in [0.25, 0.3) is 0 Å². The third-order valence-corrected chi connectivity index (χ3v) is 3.46. The van der Waals surface area contributed by atoms with Crippen molar-refractivity contribution in [3.05, 3.63) is 33.9 Å². The van der Waals surface area contributed by atoms with Crippen LogP contribution in [0.5, 0.6) is 0 Å². The summed E-state index contributed by atoms with van der Waals surface area (Å²) in [6, 6.07) is 5.04.